The van der Waals surface area contributed by atoms with Gasteiger partial charge in [0, 0.05) is 17.8 Å². The van der Waals surface area contributed by atoms with Crippen LogP contribution in [0, 0.1) is 0 Å². The molecule has 0 atom stereocenters. The summed E-state index contributed by atoms with van der Waals surface area (Å²) in [5, 5.41) is 5.58. The minimum absolute atomic E-state index is 0.135. The SMILES string of the molecule is CCNC(=O)Nc1ccc(Cl)c(C(C)=O)c1. The summed E-state index contributed by atoms with van der Waals surface area (Å²) in [7, 11) is 0. The Labute approximate surface area is 99.0 Å². The lowest BCUT2D eigenvalue weighted by Gasteiger charge is -2.07. The van der Waals surface area contributed by atoms with Crippen molar-refractivity contribution >= 4 is 29.1 Å². The second kappa shape index (κ2) is 5.51. The number of Topliss-reactive ketones (excluding diaryl/α,β-unsaturated/α-hetero) is 1. The van der Waals surface area contributed by atoms with E-state index >= 15 is 0 Å². The van der Waals surface area contributed by atoms with Crippen LogP contribution in [0.3, 0.4) is 0 Å². The average molecular weight is 241 g/mol. The number of carbonyl (C=O) groups is 2. The molecule has 0 bridgehead atoms. The number of anilines is 1. The highest BCUT2D eigenvalue weighted by Crippen LogP contribution is 2.20. The van der Waals surface area contributed by atoms with Crippen LogP contribution < -0.4 is 10.6 Å². The molecule has 1 rings (SSSR count). The molecule has 0 spiro atoms. The third kappa shape index (κ3) is 3.24. The summed E-state index contributed by atoms with van der Waals surface area (Å²) in [6, 6.07) is 4.48. The molecular formula is C11H13ClN2O2. The fourth-order valence-corrected chi connectivity index (χ4v) is 1.46. The summed E-state index contributed by atoms with van der Waals surface area (Å²) in [5.41, 5.74) is 0.941. The summed E-state index contributed by atoms with van der Waals surface area (Å²) >= 11 is 5.84. The number of rotatable bonds is 3. The summed E-state index contributed by atoms with van der Waals surface area (Å²) in [5.74, 6) is -0.135. The smallest absolute Gasteiger partial charge is 0.319 e. The molecule has 86 valence electrons. The maximum atomic E-state index is 11.2. The van der Waals surface area contributed by atoms with Crippen molar-refractivity contribution in [2.24, 2.45) is 0 Å². The molecule has 0 fully saturated rings. The lowest BCUT2D eigenvalue weighted by atomic mass is 10.1. The van der Waals surface area contributed by atoms with Crippen LogP contribution in [0.25, 0.3) is 0 Å². The van der Waals surface area contributed by atoms with Crippen LogP contribution in [0.5, 0.6) is 0 Å². The van der Waals surface area contributed by atoms with Gasteiger partial charge in [-0.1, -0.05) is 11.6 Å². The van der Waals surface area contributed by atoms with Crippen LogP contribution in [0.15, 0.2) is 18.2 Å². The van der Waals surface area contributed by atoms with Gasteiger partial charge in [0.1, 0.15) is 0 Å². The number of amides is 2. The Kier molecular flexibility index (Phi) is 4.31. The van der Waals surface area contributed by atoms with Gasteiger partial charge in [0.05, 0.1) is 5.02 Å². The van der Waals surface area contributed by atoms with E-state index in [1.807, 2.05) is 6.92 Å². The Balaban J connectivity index is 2.87. The first-order valence-corrected chi connectivity index (χ1v) is 5.27. The molecule has 2 N–H and O–H groups in total. The Morgan fingerprint density at radius 2 is 2.06 bits per heavy atom. The second-order valence-corrected chi connectivity index (χ2v) is 3.64. The van der Waals surface area contributed by atoms with Crippen LogP contribution in [0.4, 0.5) is 10.5 Å². The van der Waals surface area contributed by atoms with Gasteiger partial charge in [0.25, 0.3) is 0 Å². The van der Waals surface area contributed by atoms with Crippen LogP contribution in [0.1, 0.15) is 24.2 Å². The van der Waals surface area contributed by atoms with Crippen LogP contribution in [-0.4, -0.2) is 18.4 Å². The number of carbonyl (C=O) groups excluding carboxylic acids is 2. The Morgan fingerprint density at radius 3 is 2.62 bits per heavy atom. The van der Waals surface area contributed by atoms with Crippen molar-refractivity contribution in [2.45, 2.75) is 13.8 Å². The number of benzene rings is 1. The van der Waals surface area contributed by atoms with Crippen LogP contribution in [0.2, 0.25) is 5.02 Å². The monoisotopic (exact) mass is 240 g/mol. The zero-order valence-electron chi connectivity index (χ0n) is 9.13. The van der Waals surface area contributed by atoms with E-state index in [9.17, 15) is 9.59 Å². The molecule has 16 heavy (non-hydrogen) atoms. The maximum absolute atomic E-state index is 11.2. The Morgan fingerprint density at radius 1 is 1.38 bits per heavy atom. The first kappa shape index (κ1) is 12.5. The minimum Gasteiger partial charge on any atom is -0.338 e. The van der Waals surface area contributed by atoms with Crippen molar-refractivity contribution in [3.63, 3.8) is 0 Å². The van der Waals surface area contributed by atoms with E-state index in [0.29, 0.717) is 22.8 Å². The molecule has 5 heteroatoms. The highest BCUT2D eigenvalue weighted by molar-refractivity contribution is 6.34. The van der Waals surface area contributed by atoms with Crippen molar-refractivity contribution in [1.82, 2.24) is 5.32 Å². The zero-order chi connectivity index (χ0) is 12.1. The number of hydrogen-bond donors (Lipinski definition) is 2. The Hall–Kier alpha value is -1.55. The topological polar surface area (TPSA) is 58.2 Å². The molecule has 0 aliphatic heterocycles. The zero-order valence-corrected chi connectivity index (χ0v) is 9.89. The summed E-state index contributed by atoms with van der Waals surface area (Å²) in [6.45, 7) is 3.79. The van der Waals surface area contributed by atoms with Crippen LogP contribution in [-0.2, 0) is 0 Å². The molecule has 4 nitrogen and oxygen atoms in total. The molecule has 1 aromatic rings. The molecule has 0 radical (unpaired) electrons. The largest absolute Gasteiger partial charge is 0.338 e. The molecule has 0 heterocycles. The number of urea groups is 1. The average Bonchev–Trinajstić information content (AvgIpc) is 2.21. The molecule has 0 unspecified atom stereocenters. The van der Waals surface area contributed by atoms with E-state index in [2.05, 4.69) is 10.6 Å². The minimum atomic E-state index is -0.306. The summed E-state index contributed by atoms with van der Waals surface area (Å²) in [4.78, 5) is 22.5. The normalized spacial score (nSPS) is 9.69. The fraction of sp³-hybridized carbons (Fsp3) is 0.273. The quantitative estimate of drug-likeness (QED) is 0.798. The lowest BCUT2D eigenvalue weighted by Crippen LogP contribution is -2.28. The van der Waals surface area contributed by atoms with Crippen molar-refractivity contribution in [3.8, 4) is 0 Å². The molecule has 0 aliphatic rings. The molecule has 0 saturated carbocycles. The van der Waals surface area contributed by atoms with E-state index in [1.54, 1.807) is 18.2 Å². The van der Waals surface area contributed by atoms with Gasteiger partial charge in [-0.15, -0.1) is 0 Å². The first-order valence-electron chi connectivity index (χ1n) is 4.90. The molecule has 0 aliphatic carbocycles. The van der Waals surface area contributed by atoms with E-state index in [-0.39, 0.29) is 11.8 Å². The number of ketones is 1. The van der Waals surface area contributed by atoms with Crippen molar-refractivity contribution in [3.05, 3.63) is 28.8 Å². The van der Waals surface area contributed by atoms with E-state index in [4.69, 9.17) is 11.6 Å². The van der Waals surface area contributed by atoms with Gasteiger partial charge < -0.3 is 10.6 Å². The second-order valence-electron chi connectivity index (χ2n) is 3.24. The molecule has 2 amide bonds. The van der Waals surface area contributed by atoms with Crippen molar-refractivity contribution < 1.29 is 9.59 Å². The van der Waals surface area contributed by atoms with E-state index in [0.717, 1.165) is 0 Å². The first-order chi connectivity index (χ1) is 7.54. The standard InChI is InChI=1S/C11H13ClN2O2/c1-3-13-11(16)14-8-4-5-10(12)9(6-8)7(2)15/h4-6H,3H2,1-2H3,(H2,13,14,16). The fourth-order valence-electron chi connectivity index (χ4n) is 1.21. The lowest BCUT2D eigenvalue weighted by molar-refractivity contribution is 0.101. The van der Waals surface area contributed by atoms with E-state index < -0.39 is 0 Å². The van der Waals surface area contributed by atoms with Gasteiger partial charge in [-0.25, -0.2) is 4.79 Å². The predicted octanol–water partition coefficient (Wildman–Crippen LogP) is 2.68. The van der Waals surface area contributed by atoms with Crippen molar-refractivity contribution in [2.75, 3.05) is 11.9 Å². The molecular weight excluding hydrogens is 228 g/mol. The molecule has 0 saturated heterocycles. The number of halogens is 1. The van der Waals surface area contributed by atoms with Gasteiger partial charge in [-0.05, 0) is 32.0 Å². The summed E-state index contributed by atoms with van der Waals surface area (Å²) < 4.78 is 0. The third-order valence-corrected chi connectivity index (χ3v) is 2.27. The predicted molar refractivity (Wildman–Crippen MR) is 64.2 cm³/mol. The van der Waals surface area contributed by atoms with Gasteiger partial charge in [-0.3, -0.25) is 4.79 Å². The molecule has 1 aromatic carbocycles. The Bertz CT molecular complexity index is 418. The van der Waals surface area contributed by atoms with Gasteiger partial charge >= 0.3 is 6.03 Å². The highest BCUT2D eigenvalue weighted by Gasteiger charge is 2.07. The molecule has 0 aromatic heterocycles. The van der Waals surface area contributed by atoms with Gasteiger partial charge in [0.15, 0.2) is 5.78 Å². The van der Waals surface area contributed by atoms with Crippen LogP contribution >= 0.6 is 11.6 Å². The van der Waals surface area contributed by atoms with Crippen molar-refractivity contribution in [1.29, 1.82) is 0 Å². The highest BCUT2D eigenvalue weighted by atomic mass is 35.5. The number of hydrogen-bond acceptors (Lipinski definition) is 2. The van der Waals surface area contributed by atoms with Gasteiger partial charge in [-0.2, -0.15) is 0 Å². The van der Waals surface area contributed by atoms with Gasteiger partial charge in [0.2, 0.25) is 0 Å². The maximum Gasteiger partial charge on any atom is 0.319 e. The van der Waals surface area contributed by atoms with E-state index in [1.165, 1.54) is 6.92 Å². The third-order valence-electron chi connectivity index (χ3n) is 1.94. The number of nitrogens with one attached hydrogen (secondary N) is 2. The summed E-state index contributed by atoms with van der Waals surface area (Å²) in [6.07, 6.45) is 0.